The van der Waals surface area contributed by atoms with E-state index in [9.17, 15) is 0 Å². The van der Waals surface area contributed by atoms with Gasteiger partial charge in [0.2, 0.25) is 0 Å². The molecule has 0 fully saturated rings. The molecular weight excluding hydrogens is 152 g/mol. The largest absolute Gasteiger partial charge is 0.318 e. The lowest BCUT2D eigenvalue weighted by Gasteiger charge is -1.92. The van der Waals surface area contributed by atoms with Crippen LogP contribution in [0.4, 0.5) is 0 Å². The van der Waals surface area contributed by atoms with Crippen molar-refractivity contribution in [3.05, 3.63) is 23.8 Å². The van der Waals surface area contributed by atoms with Crippen LogP contribution in [0.25, 0.3) is 6.08 Å². The minimum Gasteiger partial charge on any atom is -0.318 e. The number of rotatable bonds is 1. The summed E-state index contributed by atoms with van der Waals surface area (Å²) in [6, 6.07) is 3.74. The van der Waals surface area contributed by atoms with Crippen LogP contribution >= 0.6 is 0 Å². The van der Waals surface area contributed by atoms with Crippen LogP contribution in [0.1, 0.15) is 17.2 Å². The molecule has 1 aromatic heterocycles. The first-order chi connectivity index (χ1) is 5.74. The van der Waals surface area contributed by atoms with E-state index < -0.39 is 0 Å². The molecule has 0 aliphatic heterocycles. The number of hydrogen-bond donors (Lipinski definition) is 0. The molecule has 1 aromatic rings. The van der Waals surface area contributed by atoms with Crippen molar-refractivity contribution in [1.82, 2.24) is 9.55 Å². The summed E-state index contributed by atoms with van der Waals surface area (Å²) >= 11 is 0. The van der Waals surface area contributed by atoms with E-state index in [1.807, 2.05) is 12.1 Å². The molecule has 0 N–H and O–H groups in total. The Morgan fingerprint density at radius 2 is 2.17 bits per heavy atom. The third-order valence-corrected chi connectivity index (χ3v) is 1.52. The average molecular weight is 158 g/mol. The summed E-state index contributed by atoms with van der Waals surface area (Å²) in [5.74, 6) is 0.531. The number of imidazole rings is 1. The van der Waals surface area contributed by atoms with Crippen LogP contribution in [-0.4, -0.2) is 9.55 Å². The average Bonchev–Trinajstić information content (AvgIpc) is 2.41. The summed E-state index contributed by atoms with van der Waals surface area (Å²) in [5, 5.41) is 17.2. The van der Waals surface area contributed by atoms with E-state index in [1.54, 1.807) is 7.05 Å². The lowest BCUT2D eigenvalue weighted by Crippen LogP contribution is -1.94. The highest BCUT2D eigenvalue weighted by Crippen LogP contribution is 2.08. The van der Waals surface area contributed by atoms with Crippen molar-refractivity contribution < 1.29 is 0 Å². The van der Waals surface area contributed by atoms with Crippen LogP contribution in [0.15, 0.2) is 6.58 Å². The zero-order chi connectivity index (χ0) is 9.14. The summed E-state index contributed by atoms with van der Waals surface area (Å²) in [6.07, 6.45) is 1.50. The molecule has 58 valence electrons. The van der Waals surface area contributed by atoms with E-state index >= 15 is 0 Å². The fourth-order valence-corrected chi connectivity index (χ4v) is 0.904. The molecule has 0 aromatic carbocycles. The van der Waals surface area contributed by atoms with Gasteiger partial charge in [-0.3, -0.25) is 0 Å². The standard InChI is InChI=1S/C8H6N4/c1-3-8-11-6(4-9)7(5-10)12(8)2/h3H,1H2,2H3. The summed E-state index contributed by atoms with van der Waals surface area (Å²) in [4.78, 5) is 3.88. The van der Waals surface area contributed by atoms with Crippen molar-refractivity contribution in [2.45, 2.75) is 0 Å². The van der Waals surface area contributed by atoms with Gasteiger partial charge in [0, 0.05) is 7.05 Å². The van der Waals surface area contributed by atoms with Gasteiger partial charge in [-0.1, -0.05) is 6.58 Å². The van der Waals surface area contributed by atoms with Crippen LogP contribution in [0.2, 0.25) is 0 Å². The minimum absolute atomic E-state index is 0.148. The van der Waals surface area contributed by atoms with Crippen molar-refractivity contribution >= 4 is 6.08 Å². The third kappa shape index (κ3) is 0.959. The molecule has 0 amide bonds. The molecule has 4 nitrogen and oxygen atoms in total. The first kappa shape index (κ1) is 8.03. The normalized spacial score (nSPS) is 8.58. The summed E-state index contributed by atoms with van der Waals surface area (Å²) < 4.78 is 1.53. The fourth-order valence-electron chi connectivity index (χ4n) is 0.904. The maximum Gasteiger partial charge on any atom is 0.177 e. The van der Waals surface area contributed by atoms with Crippen molar-refractivity contribution in [3.63, 3.8) is 0 Å². The molecule has 0 aliphatic rings. The SMILES string of the molecule is C=Cc1nc(C#N)c(C#N)n1C. The summed E-state index contributed by atoms with van der Waals surface area (Å²) in [5.41, 5.74) is 0.419. The minimum atomic E-state index is 0.148. The van der Waals surface area contributed by atoms with Crippen LogP contribution in [0.5, 0.6) is 0 Å². The van der Waals surface area contributed by atoms with E-state index in [2.05, 4.69) is 11.6 Å². The van der Waals surface area contributed by atoms with Crippen molar-refractivity contribution in [1.29, 1.82) is 10.5 Å². The van der Waals surface area contributed by atoms with Gasteiger partial charge < -0.3 is 4.57 Å². The second-order valence-electron chi connectivity index (χ2n) is 2.15. The molecule has 12 heavy (non-hydrogen) atoms. The Balaban J connectivity index is 3.47. The van der Waals surface area contributed by atoms with Crippen molar-refractivity contribution in [3.8, 4) is 12.1 Å². The Bertz CT molecular complexity index is 400. The van der Waals surface area contributed by atoms with E-state index in [1.165, 1.54) is 10.6 Å². The monoisotopic (exact) mass is 158 g/mol. The molecule has 0 unspecified atom stereocenters. The number of hydrogen-bond acceptors (Lipinski definition) is 3. The van der Waals surface area contributed by atoms with Gasteiger partial charge in [-0.2, -0.15) is 10.5 Å². The fraction of sp³-hybridized carbons (Fsp3) is 0.125. The first-order valence-corrected chi connectivity index (χ1v) is 3.24. The van der Waals surface area contributed by atoms with Crippen molar-refractivity contribution in [2.24, 2.45) is 7.05 Å². The number of nitriles is 2. The van der Waals surface area contributed by atoms with Gasteiger partial charge in [0.1, 0.15) is 18.0 Å². The zero-order valence-electron chi connectivity index (χ0n) is 6.57. The molecule has 1 heterocycles. The molecule has 0 saturated carbocycles. The highest BCUT2D eigenvalue weighted by atomic mass is 15.1. The van der Waals surface area contributed by atoms with Crippen LogP contribution in [0.3, 0.4) is 0 Å². The van der Waals surface area contributed by atoms with Gasteiger partial charge in [0.15, 0.2) is 11.4 Å². The van der Waals surface area contributed by atoms with E-state index in [0.29, 0.717) is 5.82 Å². The molecular formula is C8H6N4. The lowest BCUT2D eigenvalue weighted by atomic mass is 10.4. The van der Waals surface area contributed by atoms with Gasteiger partial charge in [0.05, 0.1) is 0 Å². The topological polar surface area (TPSA) is 65.4 Å². The Hall–Kier alpha value is -2.07. The Labute approximate surface area is 70.0 Å². The Morgan fingerprint density at radius 1 is 1.50 bits per heavy atom. The van der Waals surface area contributed by atoms with Gasteiger partial charge in [-0.15, -0.1) is 0 Å². The summed E-state index contributed by atoms with van der Waals surface area (Å²) in [7, 11) is 1.67. The maximum absolute atomic E-state index is 8.64. The highest BCUT2D eigenvalue weighted by Gasteiger charge is 2.10. The smallest absolute Gasteiger partial charge is 0.177 e. The second-order valence-corrected chi connectivity index (χ2v) is 2.15. The molecule has 0 aliphatic carbocycles. The molecule has 1 rings (SSSR count). The Kier molecular flexibility index (Phi) is 1.94. The van der Waals surface area contributed by atoms with Gasteiger partial charge in [0.25, 0.3) is 0 Å². The molecule has 0 saturated heterocycles. The maximum atomic E-state index is 8.64. The predicted molar refractivity (Wildman–Crippen MR) is 42.7 cm³/mol. The molecule has 0 radical (unpaired) electrons. The molecule has 0 spiro atoms. The number of aromatic nitrogens is 2. The summed E-state index contributed by atoms with van der Waals surface area (Å²) in [6.45, 7) is 3.51. The van der Waals surface area contributed by atoms with E-state index in [-0.39, 0.29) is 11.4 Å². The molecule has 4 heteroatoms. The predicted octanol–water partition coefficient (Wildman–Crippen LogP) is 0.806. The van der Waals surface area contributed by atoms with E-state index in [4.69, 9.17) is 10.5 Å². The van der Waals surface area contributed by atoms with E-state index in [0.717, 1.165) is 0 Å². The third-order valence-electron chi connectivity index (χ3n) is 1.52. The molecule has 0 bridgehead atoms. The van der Waals surface area contributed by atoms with Crippen LogP contribution in [0, 0.1) is 22.7 Å². The molecule has 0 atom stereocenters. The van der Waals surface area contributed by atoms with Crippen LogP contribution < -0.4 is 0 Å². The van der Waals surface area contributed by atoms with Gasteiger partial charge >= 0.3 is 0 Å². The lowest BCUT2D eigenvalue weighted by molar-refractivity contribution is 0.882. The first-order valence-electron chi connectivity index (χ1n) is 3.24. The highest BCUT2D eigenvalue weighted by molar-refractivity contribution is 5.46. The quantitative estimate of drug-likeness (QED) is 0.607. The van der Waals surface area contributed by atoms with Crippen LogP contribution in [-0.2, 0) is 7.05 Å². The zero-order valence-corrected chi connectivity index (χ0v) is 6.57. The van der Waals surface area contributed by atoms with Crippen molar-refractivity contribution in [2.75, 3.05) is 0 Å². The number of nitrogens with zero attached hydrogens (tertiary/aromatic N) is 4. The van der Waals surface area contributed by atoms with Gasteiger partial charge in [-0.05, 0) is 6.08 Å². The second kappa shape index (κ2) is 2.89. The van der Waals surface area contributed by atoms with Gasteiger partial charge in [-0.25, -0.2) is 4.98 Å². The Morgan fingerprint density at radius 3 is 2.50 bits per heavy atom.